The topological polar surface area (TPSA) is 55.6 Å². The number of nitrogens with one attached hydrogen (secondary N) is 1. The summed E-state index contributed by atoms with van der Waals surface area (Å²) in [6, 6.07) is 10.9. The van der Waals surface area contributed by atoms with E-state index in [4.69, 9.17) is 0 Å². The molecule has 3 aromatic rings. The van der Waals surface area contributed by atoms with Crippen LogP contribution in [0.2, 0.25) is 0 Å². The fourth-order valence-electron chi connectivity index (χ4n) is 2.16. The molecule has 5 nitrogen and oxygen atoms in total. The smallest absolute Gasteiger partial charge is 0.143 e. The summed E-state index contributed by atoms with van der Waals surface area (Å²) in [7, 11) is 0. The Labute approximate surface area is 135 Å². The highest BCUT2D eigenvalue weighted by molar-refractivity contribution is 9.10. The Hall–Kier alpha value is -2.28. The van der Waals surface area contributed by atoms with Crippen LogP contribution in [0, 0.1) is 12.7 Å². The minimum Gasteiger partial charge on any atom is -0.381 e. The molecule has 0 saturated heterocycles. The Morgan fingerprint density at radius 3 is 2.77 bits per heavy atom. The lowest BCUT2D eigenvalue weighted by Gasteiger charge is -2.11. The predicted octanol–water partition coefficient (Wildman–Crippen LogP) is 3.48. The van der Waals surface area contributed by atoms with E-state index < -0.39 is 0 Å². The number of hydrogen-bond donors (Lipinski definition) is 1. The number of aryl methyl sites for hydroxylation is 1. The zero-order valence-corrected chi connectivity index (χ0v) is 13.4. The molecule has 0 aliphatic carbocycles. The Bertz CT molecular complexity index is 789. The second kappa shape index (κ2) is 6.23. The maximum absolute atomic E-state index is 13.8. The molecular formula is C15H13BrFN5. The summed E-state index contributed by atoms with van der Waals surface area (Å²) in [5, 5.41) is 14.3. The van der Waals surface area contributed by atoms with Crippen LogP contribution in [0.15, 0.2) is 47.2 Å². The number of hydrogen-bond acceptors (Lipinski definition) is 4. The first-order valence-corrected chi connectivity index (χ1v) is 7.44. The van der Waals surface area contributed by atoms with Gasteiger partial charge in [-0.05, 0) is 53.2 Å². The highest BCUT2D eigenvalue weighted by Gasteiger charge is 2.05. The first kappa shape index (κ1) is 14.6. The van der Waals surface area contributed by atoms with Crippen molar-refractivity contribution in [2.24, 2.45) is 0 Å². The summed E-state index contributed by atoms with van der Waals surface area (Å²) >= 11 is 3.25. The van der Waals surface area contributed by atoms with Crippen LogP contribution >= 0.6 is 15.9 Å². The van der Waals surface area contributed by atoms with Crippen LogP contribution in [-0.2, 0) is 6.54 Å². The largest absolute Gasteiger partial charge is 0.381 e. The molecule has 1 aromatic heterocycles. The van der Waals surface area contributed by atoms with Crippen molar-refractivity contribution < 1.29 is 4.39 Å². The molecule has 7 heteroatoms. The van der Waals surface area contributed by atoms with E-state index >= 15 is 0 Å². The number of anilines is 1. The van der Waals surface area contributed by atoms with Crippen molar-refractivity contribution in [3.8, 4) is 5.69 Å². The molecule has 22 heavy (non-hydrogen) atoms. The molecule has 0 fully saturated rings. The number of nitrogens with zero attached hydrogens (tertiary/aromatic N) is 4. The lowest BCUT2D eigenvalue weighted by Crippen LogP contribution is -2.03. The Morgan fingerprint density at radius 2 is 2.09 bits per heavy atom. The van der Waals surface area contributed by atoms with Gasteiger partial charge in [0.2, 0.25) is 0 Å². The maximum atomic E-state index is 13.8. The molecule has 1 N–H and O–H groups in total. The van der Waals surface area contributed by atoms with Gasteiger partial charge in [-0.15, -0.1) is 5.10 Å². The van der Waals surface area contributed by atoms with Gasteiger partial charge >= 0.3 is 0 Å². The number of halogens is 2. The third kappa shape index (κ3) is 3.14. The van der Waals surface area contributed by atoms with Crippen LogP contribution in [0.25, 0.3) is 5.69 Å². The molecule has 2 aromatic carbocycles. The van der Waals surface area contributed by atoms with E-state index in [1.807, 2.05) is 31.2 Å². The summed E-state index contributed by atoms with van der Waals surface area (Å²) < 4.78 is 16.1. The number of tetrazole rings is 1. The van der Waals surface area contributed by atoms with E-state index in [1.54, 1.807) is 17.1 Å². The Morgan fingerprint density at radius 1 is 1.23 bits per heavy atom. The van der Waals surface area contributed by atoms with Crippen molar-refractivity contribution in [2.45, 2.75) is 13.5 Å². The minimum absolute atomic E-state index is 0.232. The molecule has 0 amide bonds. The summed E-state index contributed by atoms with van der Waals surface area (Å²) in [5.41, 5.74) is 3.46. The van der Waals surface area contributed by atoms with Crippen LogP contribution in [0.3, 0.4) is 0 Å². The van der Waals surface area contributed by atoms with Gasteiger partial charge in [0.25, 0.3) is 0 Å². The zero-order valence-electron chi connectivity index (χ0n) is 11.8. The molecule has 0 aliphatic heterocycles. The molecule has 0 atom stereocenters. The average molecular weight is 362 g/mol. The van der Waals surface area contributed by atoms with E-state index in [0.29, 0.717) is 12.1 Å². The SMILES string of the molecule is Cc1cc(NCc2ccc(Br)cc2F)ccc1-n1cnnn1. The van der Waals surface area contributed by atoms with Gasteiger partial charge in [0.15, 0.2) is 0 Å². The second-order valence-electron chi connectivity index (χ2n) is 4.84. The van der Waals surface area contributed by atoms with Crippen LogP contribution in [0.1, 0.15) is 11.1 Å². The van der Waals surface area contributed by atoms with E-state index in [-0.39, 0.29) is 5.82 Å². The number of benzene rings is 2. The standard InChI is InChI=1S/C15H13BrFN5/c1-10-6-13(4-5-15(10)22-9-19-20-21-22)18-8-11-2-3-12(16)7-14(11)17/h2-7,9,18H,8H2,1H3. The molecule has 0 radical (unpaired) electrons. The molecule has 3 rings (SSSR count). The maximum Gasteiger partial charge on any atom is 0.143 e. The normalized spacial score (nSPS) is 10.7. The summed E-state index contributed by atoms with van der Waals surface area (Å²) in [4.78, 5) is 0. The zero-order chi connectivity index (χ0) is 15.5. The molecule has 112 valence electrons. The van der Waals surface area contributed by atoms with Gasteiger partial charge < -0.3 is 5.32 Å². The monoisotopic (exact) mass is 361 g/mol. The molecule has 0 saturated carbocycles. The lowest BCUT2D eigenvalue weighted by molar-refractivity contribution is 0.612. The third-order valence-corrected chi connectivity index (χ3v) is 3.78. The van der Waals surface area contributed by atoms with E-state index in [0.717, 1.165) is 21.4 Å². The molecule has 0 spiro atoms. The third-order valence-electron chi connectivity index (χ3n) is 3.29. The van der Waals surface area contributed by atoms with Gasteiger partial charge in [0.05, 0.1) is 5.69 Å². The summed E-state index contributed by atoms with van der Waals surface area (Å²) in [6.45, 7) is 2.39. The van der Waals surface area contributed by atoms with Gasteiger partial charge in [-0.3, -0.25) is 0 Å². The fraction of sp³-hybridized carbons (Fsp3) is 0.133. The van der Waals surface area contributed by atoms with Crippen LogP contribution in [0.5, 0.6) is 0 Å². The average Bonchev–Trinajstić information content (AvgIpc) is 3.00. The lowest BCUT2D eigenvalue weighted by atomic mass is 10.1. The van der Waals surface area contributed by atoms with Crippen LogP contribution < -0.4 is 5.32 Å². The molecule has 0 unspecified atom stereocenters. The van der Waals surface area contributed by atoms with Crippen molar-refractivity contribution >= 4 is 21.6 Å². The Balaban J connectivity index is 1.75. The molecule has 1 heterocycles. The highest BCUT2D eigenvalue weighted by Crippen LogP contribution is 2.20. The van der Waals surface area contributed by atoms with Crippen LogP contribution in [0.4, 0.5) is 10.1 Å². The van der Waals surface area contributed by atoms with Crippen molar-refractivity contribution in [1.82, 2.24) is 20.2 Å². The van der Waals surface area contributed by atoms with E-state index in [2.05, 4.69) is 36.8 Å². The predicted molar refractivity (Wildman–Crippen MR) is 85.3 cm³/mol. The quantitative estimate of drug-likeness (QED) is 0.772. The van der Waals surface area contributed by atoms with Gasteiger partial charge in [0.1, 0.15) is 12.1 Å². The highest BCUT2D eigenvalue weighted by atomic mass is 79.9. The first-order valence-electron chi connectivity index (χ1n) is 6.65. The van der Waals surface area contributed by atoms with Gasteiger partial charge in [-0.1, -0.05) is 22.0 Å². The van der Waals surface area contributed by atoms with Gasteiger partial charge in [-0.25, -0.2) is 9.07 Å². The molecular weight excluding hydrogens is 349 g/mol. The first-order chi connectivity index (χ1) is 10.6. The fourth-order valence-corrected chi connectivity index (χ4v) is 2.49. The van der Waals surface area contributed by atoms with Crippen molar-refractivity contribution in [3.63, 3.8) is 0 Å². The Kier molecular flexibility index (Phi) is 4.15. The van der Waals surface area contributed by atoms with Crippen molar-refractivity contribution in [2.75, 3.05) is 5.32 Å². The molecule has 0 aliphatic rings. The second-order valence-corrected chi connectivity index (χ2v) is 5.76. The van der Waals surface area contributed by atoms with E-state index in [9.17, 15) is 4.39 Å². The van der Waals surface area contributed by atoms with Gasteiger partial charge in [-0.2, -0.15) is 0 Å². The minimum atomic E-state index is -0.232. The van der Waals surface area contributed by atoms with E-state index in [1.165, 1.54) is 6.07 Å². The van der Waals surface area contributed by atoms with Crippen molar-refractivity contribution in [1.29, 1.82) is 0 Å². The van der Waals surface area contributed by atoms with Crippen LogP contribution in [-0.4, -0.2) is 20.2 Å². The summed E-state index contributed by atoms with van der Waals surface area (Å²) in [5.74, 6) is -0.232. The van der Waals surface area contributed by atoms with Crippen molar-refractivity contribution in [3.05, 3.63) is 64.1 Å². The van der Waals surface area contributed by atoms with Gasteiger partial charge in [0, 0.05) is 22.3 Å². The summed E-state index contributed by atoms with van der Waals surface area (Å²) in [6.07, 6.45) is 1.55. The number of aromatic nitrogens is 4. The number of rotatable bonds is 4. The molecule has 0 bridgehead atoms.